The summed E-state index contributed by atoms with van der Waals surface area (Å²) in [6.45, 7) is 0.935. The molecule has 0 atom stereocenters. The maximum Gasteiger partial charge on any atom is 0.166 e. The number of nitrogen functional groups attached to an aromatic ring is 1. The van der Waals surface area contributed by atoms with Gasteiger partial charge in [0.15, 0.2) is 5.65 Å². The van der Waals surface area contributed by atoms with Crippen molar-refractivity contribution in [1.29, 1.82) is 0 Å². The van der Waals surface area contributed by atoms with Crippen molar-refractivity contribution >= 4 is 34.4 Å². The van der Waals surface area contributed by atoms with E-state index in [0.717, 1.165) is 17.7 Å². The zero-order valence-corrected chi connectivity index (χ0v) is 11.0. The first kappa shape index (κ1) is 11.5. The van der Waals surface area contributed by atoms with Crippen molar-refractivity contribution in [2.45, 2.75) is 17.6 Å². The average Bonchev–Trinajstić information content (AvgIpc) is 3.16. The highest BCUT2D eigenvalue weighted by molar-refractivity contribution is 8.00. The highest BCUT2D eigenvalue weighted by Crippen LogP contribution is 2.47. The molecule has 1 saturated carbocycles. The molecule has 0 aliphatic heterocycles. The van der Waals surface area contributed by atoms with Crippen molar-refractivity contribution in [3.05, 3.63) is 18.5 Å². The topological polar surface area (TPSA) is 76.7 Å². The third-order valence-corrected chi connectivity index (χ3v) is 4.76. The van der Waals surface area contributed by atoms with Gasteiger partial charge in [-0.25, -0.2) is 15.0 Å². The van der Waals surface area contributed by atoms with Crippen molar-refractivity contribution < 1.29 is 0 Å². The molecule has 2 heterocycles. The SMILES string of the molecule is CSC1(CNc2ncnc3nc(N)ccc23)CC1. The predicted molar refractivity (Wildman–Crippen MR) is 75.7 cm³/mol. The van der Waals surface area contributed by atoms with Crippen LogP contribution < -0.4 is 11.1 Å². The Morgan fingerprint density at radius 3 is 2.94 bits per heavy atom. The number of fused-ring (bicyclic) bond motifs is 1. The lowest BCUT2D eigenvalue weighted by Gasteiger charge is -2.14. The Hall–Kier alpha value is -1.56. The fourth-order valence-electron chi connectivity index (χ4n) is 1.94. The van der Waals surface area contributed by atoms with E-state index >= 15 is 0 Å². The Labute approximate surface area is 110 Å². The van der Waals surface area contributed by atoms with E-state index in [9.17, 15) is 0 Å². The summed E-state index contributed by atoms with van der Waals surface area (Å²) in [4.78, 5) is 12.6. The van der Waals surface area contributed by atoms with Gasteiger partial charge in [0, 0.05) is 11.3 Å². The Balaban J connectivity index is 1.87. The summed E-state index contributed by atoms with van der Waals surface area (Å²) in [6.07, 6.45) is 6.23. The molecule has 3 rings (SSSR count). The lowest BCUT2D eigenvalue weighted by atomic mass is 10.3. The summed E-state index contributed by atoms with van der Waals surface area (Å²) in [6, 6.07) is 3.69. The molecule has 2 aromatic heterocycles. The van der Waals surface area contributed by atoms with Gasteiger partial charge in [-0.1, -0.05) is 0 Å². The Bertz CT molecular complexity index is 582. The monoisotopic (exact) mass is 261 g/mol. The highest BCUT2D eigenvalue weighted by atomic mass is 32.2. The Kier molecular flexibility index (Phi) is 2.74. The van der Waals surface area contributed by atoms with Gasteiger partial charge in [0.25, 0.3) is 0 Å². The number of nitrogens with zero attached hydrogens (tertiary/aromatic N) is 3. The molecule has 18 heavy (non-hydrogen) atoms. The van der Waals surface area contributed by atoms with Crippen molar-refractivity contribution in [2.75, 3.05) is 23.9 Å². The van der Waals surface area contributed by atoms with Gasteiger partial charge in [-0.2, -0.15) is 11.8 Å². The zero-order valence-electron chi connectivity index (χ0n) is 10.2. The highest BCUT2D eigenvalue weighted by Gasteiger charge is 2.41. The van der Waals surface area contributed by atoms with E-state index in [1.165, 1.54) is 19.2 Å². The maximum atomic E-state index is 5.65. The Morgan fingerprint density at radius 2 is 2.22 bits per heavy atom. The van der Waals surface area contributed by atoms with Gasteiger partial charge in [0.2, 0.25) is 0 Å². The molecule has 1 aliphatic rings. The molecule has 0 aromatic carbocycles. The van der Waals surface area contributed by atoms with Crippen LogP contribution in [0.1, 0.15) is 12.8 Å². The lowest BCUT2D eigenvalue weighted by molar-refractivity contribution is 0.940. The quantitative estimate of drug-likeness (QED) is 0.875. The molecule has 1 fully saturated rings. The molecule has 3 N–H and O–H groups in total. The van der Waals surface area contributed by atoms with Crippen LogP contribution in [0.3, 0.4) is 0 Å². The first-order valence-electron chi connectivity index (χ1n) is 5.89. The molecule has 6 heteroatoms. The van der Waals surface area contributed by atoms with Gasteiger partial charge in [0.1, 0.15) is 18.0 Å². The molecule has 0 unspecified atom stereocenters. The Morgan fingerprint density at radius 1 is 1.39 bits per heavy atom. The second kappa shape index (κ2) is 4.28. The molecule has 0 amide bonds. The summed E-state index contributed by atoms with van der Waals surface area (Å²) < 4.78 is 0.401. The molecular weight excluding hydrogens is 246 g/mol. The van der Waals surface area contributed by atoms with Crippen molar-refractivity contribution in [3.8, 4) is 0 Å². The molecule has 0 bridgehead atoms. The fourth-order valence-corrected chi connectivity index (χ4v) is 2.66. The summed E-state index contributed by atoms with van der Waals surface area (Å²) in [5, 5.41) is 4.33. The van der Waals surface area contributed by atoms with E-state index in [1.807, 2.05) is 17.8 Å². The summed E-state index contributed by atoms with van der Waals surface area (Å²) in [5.41, 5.74) is 6.29. The number of thioether (sulfide) groups is 1. The van der Waals surface area contributed by atoms with Crippen molar-refractivity contribution in [1.82, 2.24) is 15.0 Å². The lowest BCUT2D eigenvalue weighted by Crippen LogP contribution is -2.18. The van der Waals surface area contributed by atoms with E-state index in [0.29, 0.717) is 16.2 Å². The molecule has 0 spiro atoms. The molecule has 2 aromatic rings. The number of aromatic nitrogens is 3. The van der Waals surface area contributed by atoms with Crippen LogP contribution in [0.15, 0.2) is 18.5 Å². The van der Waals surface area contributed by atoms with Crippen LogP contribution in [-0.4, -0.2) is 32.5 Å². The molecule has 1 aliphatic carbocycles. The summed E-state index contributed by atoms with van der Waals surface area (Å²) in [7, 11) is 0. The first-order valence-corrected chi connectivity index (χ1v) is 7.11. The molecular formula is C12H15N5S. The van der Waals surface area contributed by atoms with Gasteiger partial charge < -0.3 is 11.1 Å². The van der Waals surface area contributed by atoms with Crippen LogP contribution in [-0.2, 0) is 0 Å². The van der Waals surface area contributed by atoms with Gasteiger partial charge in [-0.05, 0) is 31.2 Å². The summed E-state index contributed by atoms with van der Waals surface area (Å²) in [5.74, 6) is 1.32. The van der Waals surface area contributed by atoms with Crippen molar-refractivity contribution in [2.24, 2.45) is 0 Å². The molecule has 5 nitrogen and oxygen atoms in total. The standard InChI is InChI=1S/C12H15N5S/c1-18-12(4-5-12)6-14-10-8-2-3-9(13)17-11(8)16-7-15-10/h2-3,7H,4-6H2,1H3,(H3,13,14,15,16,17). The smallest absolute Gasteiger partial charge is 0.166 e. The summed E-state index contributed by atoms with van der Waals surface area (Å²) >= 11 is 1.92. The molecule has 0 radical (unpaired) electrons. The van der Waals surface area contributed by atoms with Gasteiger partial charge in [-0.15, -0.1) is 0 Å². The van der Waals surface area contributed by atoms with Gasteiger partial charge in [0.05, 0.1) is 5.39 Å². The third kappa shape index (κ3) is 2.08. The van der Waals surface area contributed by atoms with E-state index in [-0.39, 0.29) is 0 Å². The van der Waals surface area contributed by atoms with E-state index in [4.69, 9.17) is 5.73 Å². The minimum atomic E-state index is 0.401. The van der Waals surface area contributed by atoms with Crippen LogP contribution in [0, 0.1) is 0 Å². The molecule has 0 saturated heterocycles. The fraction of sp³-hybridized carbons (Fsp3) is 0.417. The number of hydrogen-bond donors (Lipinski definition) is 2. The largest absolute Gasteiger partial charge is 0.384 e. The number of rotatable bonds is 4. The second-order valence-electron chi connectivity index (χ2n) is 4.57. The van der Waals surface area contributed by atoms with Crippen LogP contribution >= 0.6 is 11.8 Å². The minimum Gasteiger partial charge on any atom is -0.384 e. The normalized spacial score (nSPS) is 16.7. The number of hydrogen-bond acceptors (Lipinski definition) is 6. The average molecular weight is 261 g/mol. The number of nitrogens with one attached hydrogen (secondary N) is 1. The second-order valence-corrected chi connectivity index (χ2v) is 5.84. The van der Waals surface area contributed by atoms with E-state index < -0.39 is 0 Å². The number of anilines is 2. The zero-order chi connectivity index (χ0) is 12.6. The van der Waals surface area contributed by atoms with Crippen LogP contribution in [0.2, 0.25) is 0 Å². The van der Waals surface area contributed by atoms with Crippen LogP contribution in [0.25, 0.3) is 11.0 Å². The number of nitrogens with two attached hydrogens (primary N) is 1. The third-order valence-electron chi connectivity index (χ3n) is 3.34. The number of pyridine rings is 1. The van der Waals surface area contributed by atoms with Gasteiger partial charge >= 0.3 is 0 Å². The minimum absolute atomic E-state index is 0.401. The molecule has 94 valence electrons. The predicted octanol–water partition coefficient (Wildman–Crippen LogP) is 1.91. The van der Waals surface area contributed by atoms with Crippen LogP contribution in [0.5, 0.6) is 0 Å². The van der Waals surface area contributed by atoms with Gasteiger partial charge in [-0.3, -0.25) is 0 Å². The van der Waals surface area contributed by atoms with E-state index in [2.05, 4.69) is 26.5 Å². The van der Waals surface area contributed by atoms with Crippen molar-refractivity contribution in [3.63, 3.8) is 0 Å². The maximum absolute atomic E-state index is 5.65. The van der Waals surface area contributed by atoms with E-state index in [1.54, 1.807) is 6.07 Å². The van der Waals surface area contributed by atoms with Crippen LogP contribution in [0.4, 0.5) is 11.6 Å². The first-order chi connectivity index (χ1) is 8.72.